The van der Waals surface area contributed by atoms with Gasteiger partial charge in [-0.3, -0.25) is 19.5 Å². The Balaban J connectivity index is 1.51. The van der Waals surface area contributed by atoms with Gasteiger partial charge in [-0.05, 0) is 68.4 Å². The van der Waals surface area contributed by atoms with Gasteiger partial charge in [0.25, 0.3) is 5.91 Å². The molecule has 1 unspecified atom stereocenters. The highest BCUT2D eigenvalue weighted by atomic mass is 32.1. The van der Waals surface area contributed by atoms with Gasteiger partial charge in [0.15, 0.2) is 11.9 Å². The molecule has 0 saturated carbocycles. The first-order valence-corrected chi connectivity index (χ1v) is 11.5. The maximum absolute atomic E-state index is 13.3. The number of aryl methyl sites for hydroxylation is 1. The Morgan fingerprint density at radius 1 is 1.15 bits per heavy atom. The lowest BCUT2D eigenvalue weighted by Crippen LogP contribution is -2.46. The van der Waals surface area contributed by atoms with Crippen molar-refractivity contribution < 1.29 is 18.7 Å². The molecule has 2 aromatic heterocycles. The number of Topliss-reactive ketones (excluding diaryl/α,β-unsaturated/α-hetero) is 1. The molecule has 0 radical (unpaired) electrons. The molecular weight excluding hydrogens is 453 g/mol. The van der Waals surface area contributed by atoms with Gasteiger partial charge in [0.2, 0.25) is 0 Å². The first kappa shape index (κ1) is 21.9. The van der Waals surface area contributed by atoms with Gasteiger partial charge in [-0.25, -0.2) is 9.37 Å². The number of aromatic nitrogens is 2. The van der Waals surface area contributed by atoms with Gasteiger partial charge in [0.1, 0.15) is 16.6 Å². The summed E-state index contributed by atoms with van der Waals surface area (Å²) in [4.78, 5) is 37.5. The second-order valence-corrected chi connectivity index (χ2v) is 9.14. The van der Waals surface area contributed by atoms with E-state index in [0.29, 0.717) is 17.0 Å². The molecule has 4 aromatic rings. The summed E-state index contributed by atoms with van der Waals surface area (Å²) in [5.41, 5.74) is 3.21. The Hall–Kier alpha value is -3.91. The average Bonchev–Trinajstić information content (AvgIpc) is 3.24. The second kappa shape index (κ2) is 8.79. The minimum atomic E-state index is -0.726. The van der Waals surface area contributed by atoms with Crippen molar-refractivity contribution in [2.24, 2.45) is 0 Å². The monoisotopic (exact) mass is 473 g/mol. The highest BCUT2D eigenvalue weighted by Crippen LogP contribution is 2.40. The van der Waals surface area contributed by atoms with Crippen LogP contribution in [0.5, 0.6) is 5.75 Å². The molecule has 1 atom stereocenters. The van der Waals surface area contributed by atoms with Gasteiger partial charge < -0.3 is 4.74 Å². The third kappa shape index (κ3) is 4.08. The van der Waals surface area contributed by atoms with Gasteiger partial charge in [-0.15, -0.1) is 11.3 Å². The standard InChI is InChI=1S/C26H20FN3O3S/c1-15-26(32)30(14-22(31)17-6-9-19(27)10-7-17)21-13-18(8-11-23(21)33-15)24-16(2)34-25(29-24)20-5-3-4-12-28-20/h3-13,15H,14H2,1-2H3. The van der Waals surface area contributed by atoms with Crippen molar-refractivity contribution in [3.05, 3.63) is 83.1 Å². The van der Waals surface area contributed by atoms with Crippen LogP contribution in [0.4, 0.5) is 10.1 Å². The van der Waals surface area contributed by atoms with E-state index in [0.717, 1.165) is 26.8 Å². The molecule has 34 heavy (non-hydrogen) atoms. The van der Waals surface area contributed by atoms with Crippen molar-refractivity contribution in [1.29, 1.82) is 0 Å². The summed E-state index contributed by atoms with van der Waals surface area (Å²) in [6, 6.07) is 16.5. The minimum Gasteiger partial charge on any atom is -0.479 e. The number of carbonyl (C=O) groups is 2. The topological polar surface area (TPSA) is 72.4 Å². The highest BCUT2D eigenvalue weighted by Gasteiger charge is 2.33. The number of fused-ring (bicyclic) bond motifs is 1. The average molecular weight is 474 g/mol. The minimum absolute atomic E-state index is 0.177. The largest absolute Gasteiger partial charge is 0.479 e. The van der Waals surface area contributed by atoms with E-state index in [9.17, 15) is 14.0 Å². The molecule has 1 amide bonds. The zero-order valence-corrected chi connectivity index (χ0v) is 19.3. The van der Waals surface area contributed by atoms with E-state index >= 15 is 0 Å². The zero-order valence-electron chi connectivity index (χ0n) is 18.5. The zero-order chi connectivity index (χ0) is 23.8. The molecule has 6 nitrogen and oxygen atoms in total. The van der Waals surface area contributed by atoms with Gasteiger partial charge >= 0.3 is 0 Å². The third-order valence-corrected chi connectivity index (χ3v) is 6.58. The van der Waals surface area contributed by atoms with Crippen LogP contribution in [-0.2, 0) is 4.79 Å². The van der Waals surface area contributed by atoms with Crippen molar-refractivity contribution in [2.45, 2.75) is 20.0 Å². The van der Waals surface area contributed by atoms with Gasteiger partial charge in [0, 0.05) is 22.2 Å². The van der Waals surface area contributed by atoms with Crippen LogP contribution in [0.3, 0.4) is 0 Å². The Morgan fingerprint density at radius 3 is 2.68 bits per heavy atom. The number of ketones is 1. The lowest BCUT2D eigenvalue weighted by atomic mass is 10.1. The van der Waals surface area contributed by atoms with Crippen molar-refractivity contribution >= 4 is 28.7 Å². The van der Waals surface area contributed by atoms with Crippen molar-refractivity contribution in [2.75, 3.05) is 11.4 Å². The molecular formula is C26H20FN3O3S. The fourth-order valence-electron chi connectivity index (χ4n) is 3.85. The summed E-state index contributed by atoms with van der Waals surface area (Å²) >= 11 is 1.54. The molecule has 170 valence electrons. The summed E-state index contributed by atoms with van der Waals surface area (Å²) < 4.78 is 19.1. The maximum Gasteiger partial charge on any atom is 0.268 e. The van der Waals surface area contributed by atoms with Crippen LogP contribution in [0, 0.1) is 12.7 Å². The van der Waals surface area contributed by atoms with Crippen molar-refractivity contribution in [1.82, 2.24) is 9.97 Å². The van der Waals surface area contributed by atoms with Crippen molar-refractivity contribution in [3.63, 3.8) is 0 Å². The third-order valence-electron chi connectivity index (χ3n) is 5.59. The van der Waals surface area contributed by atoms with Crippen LogP contribution in [-0.4, -0.2) is 34.3 Å². The lowest BCUT2D eigenvalue weighted by molar-refractivity contribution is -0.125. The summed E-state index contributed by atoms with van der Waals surface area (Å²) in [7, 11) is 0. The Morgan fingerprint density at radius 2 is 1.94 bits per heavy atom. The molecule has 0 aliphatic carbocycles. The number of hydrogen-bond donors (Lipinski definition) is 0. The summed E-state index contributed by atoms with van der Waals surface area (Å²) in [6.07, 6.45) is 1.00. The normalized spacial score (nSPS) is 15.1. The fourth-order valence-corrected chi connectivity index (χ4v) is 4.76. The number of pyridine rings is 1. The first-order valence-electron chi connectivity index (χ1n) is 10.7. The smallest absolute Gasteiger partial charge is 0.268 e. The Kier molecular flexibility index (Phi) is 5.67. The quantitative estimate of drug-likeness (QED) is 0.367. The Bertz CT molecular complexity index is 1390. The number of thiazole rings is 1. The van der Waals surface area contributed by atoms with Gasteiger partial charge in [-0.1, -0.05) is 6.07 Å². The number of anilines is 1. The van der Waals surface area contributed by atoms with Gasteiger partial charge in [0.05, 0.1) is 23.6 Å². The van der Waals surface area contributed by atoms with Crippen LogP contribution in [0.15, 0.2) is 66.9 Å². The molecule has 0 saturated heterocycles. The van der Waals surface area contributed by atoms with E-state index in [4.69, 9.17) is 9.72 Å². The number of benzene rings is 2. The van der Waals surface area contributed by atoms with E-state index in [-0.39, 0.29) is 18.2 Å². The molecule has 0 bridgehead atoms. The molecule has 1 aliphatic rings. The van der Waals surface area contributed by atoms with Gasteiger partial charge in [-0.2, -0.15) is 0 Å². The number of hydrogen-bond acceptors (Lipinski definition) is 6. The summed E-state index contributed by atoms with van der Waals surface area (Å²) in [6.45, 7) is 3.46. The molecule has 5 rings (SSSR count). The maximum atomic E-state index is 13.3. The van der Waals surface area contributed by atoms with Crippen LogP contribution in [0.1, 0.15) is 22.2 Å². The van der Waals surface area contributed by atoms with E-state index in [1.165, 1.54) is 29.2 Å². The molecule has 2 aromatic carbocycles. The highest BCUT2D eigenvalue weighted by molar-refractivity contribution is 7.15. The predicted octanol–water partition coefficient (Wildman–Crippen LogP) is 5.32. The van der Waals surface area contributed by atoms with Crippen LogP contribution >= 0.6 is 11.3 Å². The van der Waals surface area contributed by atoms with Crippen LogP contribution in [0.25, 0.3) is 22.0 Å². The number of amides is 1. The number of halogens is 1. The van der Waals surface area contributed by atoms with Crippen LogP contribution in [0.2, 0.25) is 0 Å². The van der Waals surface area contributed by atoms with Crippen LogP contribution < -0.4 is 9.64 Å². The number of rotatable bonds is 5. The van der Waals surface area contributed by atoms with Crippen molar-refractivity contribution in [3.8, 4) is 27.7 Å². The SMILES string of the molecule is Cc1sc(-c2ccccn2)nc1-c1ccc2c(c1)N(CC(=O)c1ccc(F)cc1)C(=O)C(C)O2. The van der Waals surface area contributed by atoms with E-state index in [2.05, 4.69) is 4.98 Å². The van der Waals surface area contributed by atoms with E-state index < -0.39 is 11.9 Å². The molecule has 0 fully saturated rings. The van der Waals surface area contributed by atoms with E-state index in [1.54, 1.807) is 30.5 Å². The molecule has 1 aliphatic heterocycles. The molecule has 0 spiro atoms. The number of nitrogens with zero attached hydrogens (tertiary/aromatic N) is 3. The first-order chi connectivity index (χ1) is 16.4. The second-order valence-electron chi connectivity index (χ2n) is 7.94. The number of ether oxygens (including phenoxy) is 1. The summed E-state index contributed by atoms with van der Waals surface area (Å²) in [5.74, 6) is -0.516. The fraction of sp³-hybridized carbons (Fsp3) is 0.154. The van der Waals surface area contributed by atoms with E-state index in [1.807, 2.05) is 37.3 Å². The summed E-state index contributed by atoms with van der Waals surface area (Å²) in [5, 5.41) is 0.801. The lowest BCUT2D eigenvalue weighted by Gasteiger charge is -2.33. The molecule has 8 heteroatoms. The molecule has 3 heterocycles. The molecule has 0 N–H and O–H groups in total. The Labute approximate surface area is 199 Å². The predicted molar refractivity (Wildman–Crippen MR) is 129 cm³/mol. The number of carbonyl (C=O) groups excluding carboxylic acids is 2.